The lowest BCUT2D eigenvalue weighted by Crippen LogP contribution is -2.31. The zero-order valence-corrected chi connectivity index (χ0v) is 14.9. The third-order valence-corrected chi connectivity index (χ3v) is 5.04. The summed E-state index contributed by atoms with van der Waals surface area (Å²) >= 11 is 1.42. The summed E-state index contributed by atoms with van der Waals surface area (Å²) < 4.78 is 26.2. The smallest absolute Gasteiger partial charge is 0.206 e. The molecule has 0 aliphatic rings. The summed E-state index contributed by atoms with van der Waals surface area (Å²) in [7, 11) is 0. The normalized spacial score (nSPS) is 12.4. The maximum absolute atomic E-state index is 13.3. The minimum absolute atomic E-state index is 0.274. The third-order valence-electron chi connectivity index (χ3n) is 4.11. The number of nitrogens with zero attached hydrogens (tertiary/aromatic N) is 3. The molecule has 0 radical (unpaired) electrons. The predicted molar refractivity (Wildman–Crippen MR) is 102 cm³/mol. The Morgan fingerprint density at radius 1 is 1.11 bits per heavy atom. The molecule has 6 nitrogen and oxygen atoms in total. The Morgan fingerprint density at radius 3 is 2.85 bits per heavy atom. The van der Waals surface area contributed by atoms with Gasteiger partial charge in [0.05, 0.1) is 11.7 Å². The number of H-pyrrole nitrogens is 1. The highest BCUT2D eigenvalue weighted by atomic mass is 32.1. The van der Waals surface area contributed by atoms with E-state index in [9.17, 15) is 8.78 Å². The zero-order valence-electron chi connectivity index (χ0n) is 14.1. The number of nitrogens with two attached hydrogens (primary N) is 1. The SMILES string of the molecule is N[C@H](CNc1nnc(-c2ccc3[nH]ncc3c2)s1)Cc1ccc(F)c(F)c1. The van der Waals surface area contributed by atoms with Gasteiger partial charge in [-0.05, 0) is 42.3 Å². The van der Waals surface area contributed by atoms with E-state index in [2.05, 4.69) is 25.7 Å². The minimum Gasteiger partial charge on any atom is -0.359 e. The van der Waals surface area contributed by atoms with Crippen molar-refractivity contribution in [3.05, 3.63) is 59.8 Å². The van der Waals surface area contributed by atoms with Crippen molar-refractivity contribution in [2.24, 2.45) is 5.73 Å². The number of aromatic amines is 1. The van der Waals surface area contributed by atoms with Crippen molar-refractivity contribution < 1.29 is 8.78 Å². The molecule has 4 rings (SSSR count). The summed E-state index contributed by atoms with van der Waals surface area (Å²) in [5.41, 5.74) is 8.65. The topological polar surface area (TPSA) is 92.5 Å². The molecule has 138 valence electrons. The van der Waals surface area contributed by atoms with Gasteiger partial charge in [0.1, 0.15) is 5.01 Å². The summed E-state index contributed by atoms with van der Waals surface area (Å²) in [5.74, 6) is -1.73. The standard InChI is InChI=1S/C18H16F2N6S/c19-14-3-1-10(6-15(14)20)5-13(21)9-22-18-26-25-17(27-18)11-2-4-16-12(7-11)8-23-24-16/h1-4,6-8,13H,5,9,21H2,(H,22,26)(H,23,24)/t13-/m0/s1. The Hall–Kier alpha value is -2.91. The molecule has 0 saturated carbocycles. The Balaban J connectivity index is 1.38. The van der Waals surface area contributed by atoms with Crippen LogP contribution < -0.4 is 11.1 Å². The van der Waals surface area contributed by atoms with E-state index in [1.807, 2.05) is 18.2 Å². The molecule has 4 N–H and O–H groups in total. The fourth-order valence-electron chi connectivity index (χ4n) is 2.75. The van der Waals surface area contributed by atoms with Gasteiger partial charge in [0.15, 0.2) is 11.6 Å². The molecule has 0 fully saturated rings. The van der Waals surface area contributed by atoms with E-state index in [0.29, 0.717) is 23.7 Å². The molecule has 0 saturated heterocycles. The van der Waals surface area contributed by atoms with Crippen LogP contribution in [0, 0.1) is 11.6 Å². The number of rotatable bonds is 6. The van der Waals surface area contributed by atoms with Crippen LogP contribution in [0.3, 0.4) is 0 Å². The summed E-state index contributed by atoms with van der Waals surface area (Å²) in [6, 6.07) is 9.45. The molecule has 0 aliphatic heterocycles. The molecule has 0 unspecified atom stereocenters. The number of anilines is 1. The highest BCUT2D eigenvalue weighted by Crippen LogP contribution is 2.28. The van der Waals surface area contributed by atoms with Crippen molar-refractivity contribution in [1.82, 2.24) is 20.4 Å². The molecule has 0 aliphatic carbocycles. The Bertz CT molecular complexity index is 1080. The van der Waals surface area contributed by atoms with Crippen molar-refractivity contribution in [3.8, 4) is 10.6 Å². The van der Waals surface area contributed by atoms with Gasteiger partial charge in [-0.1, -0.05) is 17.4 Å². The summed E-state index contributed by atoms with van der Waals surface area (Å²) in [6.45, 7) is 0.439. The molecular weight excluding hydrogens is 370 g/mol. The summed E-state index contributed by atoms with van der Waals surface area (Å²) in [6.07, 6.45) is 2.18. The first-order chi connectivity index (χ1) is 13.1. The van der Waals surface area contributed by atoms with Crippen molar-refractivity contribution in [1.29, 1.82) is 0 Å². The van der Waals surface area contributed by atoms with E-state index >= 15 is 0 Å². The monoisotopic (exact) mass is 386 g/mol. The maximum Gasteiger partial charge on any atom is 0.206 e. The molecule has 2 aromatic heterocycles. The van der Waals surface area contributed by atoms with E-state index in [4.69, 9.17) is 5.73 Å². The van der Waals surface area contributed by atoms with Gasteiger partial charge in [0.2, 0.25) is 5.13 Å². The lowest BCUT2D eigenvalue weighted by molar-refractivity contribution is 0.506. The maximum atomic E-state index is 13.3. The lowest BCUT2D eigenvalue weighted by atomic mass is 10.1. The highest BCUT2D eigenvalue weighted by molar-refractivity contribution is 7.18. The first-order valence-corrected chi connectivity index (χ1v) is 9.10. The van der Waals surface area contributed by atoms with Crippen LogP contribution in [0.1, 0.15) is 5.56 Å². The van der Waals surface area contributed by atoms with Gasteiger partial charge in [0, 0.05) is 23.5 Å². The second-order valence-corrected chi connectivity index (χ2v) is 7.16. The number of hydrogen-bond acceptors (Lipinski definition) is 6. The molecule has 9 heteroatoms. The van der Waals surface area contributed by atoms with Crippen LogP contribution in [0.5, 0.6) is 0 Å². The number of halogens is 2. The first-order valence-electron chi connectivity index (χ1n) is 8.29. The van der Waals surface area contributed by atoms with Crippen LogP contribution in [-0.2, 0) is 6.42 Å². The van der Waals surface area contributed by atoms with Crippen LogP contribution in [0.2, 0.25) is 0 Å². The summed E-state index contributed by atoms with van der Waals surface area (Å²) in [5, 5.41) is 20.8. The van der Waals surface area contributed by atoms with Gasteiger partial charge in [-0.2, -0.15) is 5.10 Å². The van der Waals surface area contributed by atoms with Crippen molar-refractivity contribution in [2.75, 3.05) is 11.9 Å². The van der Waals surface area contributed by atoms with Gasteiger partial charge >= 0.3 is 0 Å². The lowest BCUT2D eigenvalue weighted by Gasteiger charge is -2.12. The quantitative estimate of drug-likeness (QED) is 0.473. The van der Waals surface area contributed by atoms with Crippen LogP contribution in [0.25, 0.3) is 21.5 Å². The Labute approximate surface area is 157 Å². The Kier molecular flexibility index (Phi) is 4.78. The number of benzene rings is 2. The molecule has 2 heterocycles. The van der Waals surface area contributed by atoms with Gasteiger partial charge < -0.3 is 11.1 Å². The summed E-state index contributed by atoms with van der Waals surface area (Å²) in [4.78, 5) is 0. The van der Waals surface area contributed by atoms with Crippen LogP contribution in [-0.4, -0.2) is 33.0 Å². The van der Waals surface area contributed by atoms with E-state index in [-0.39, 0.29) is 6.04 Å². The van der Waals surface area contributed by atoms with Crippen molar-refractivity contribution >= 4 is 27.4 Å². The molecule has 2 aromatic carbocycles. The largest absolute Gasteiger partial charge is 0.359 e. The fraction of sp³-hybridized carbons (Fsp3) is 0.167. The van der Waals surface area contributed by atoms with E-state index in [1.165, 1.54) is 23.5 Å². The van der Waals surface area contributed by atoms with Gasteiger partial charge in [-0.3, -0.25) is 5.10 Å². The van der Waals surface area contributed by atoms with E-state index in [0.717, 1.165) is 27.5 Å². The second kappa shape index (κ2) is 7.37. The highest BCUT2D eigenvalue weighted by Gasteiger charge is 2.11. The molecule has 27 heavy (non-hydrogen) atoms. The number of aromatic nitrogens is 4. The number of fused-ring (bicyclic) bond motifs is 1. The second-order valence-electron chi connectivity index (χ2n) is 6.18. The number of nitrogens with one attached hydrogen (secondary N) is 2. The Morgan fingerprint density at radius 2 is 2.00 bits per heavy atom. The predicted octanol–water partition coefficient (Wildman–Crippen LogP) is 3.34. The van der Waals surface area contributed by atoms with Crippen molar-refractivity contribution in [2.45, 2.75) is 12.5 Å². The third kappa shape index (κ3) is 3.93. The average molecular weight is 386 g/mol. The van der Waals surface area contributed by atoms with Gasteiger partial charge in [0.25, 0.3) is 0 Å². The molecular formula is C18H16F2N6S. The fourth-order valence-corrected chi connectivity index (χ4v) is 3.49. The number of hydrogen-bond donors (Lipinski definition) is 3. The van der Waals surface area contributed by atoms with Crippen molar-refractivity contribution in [3.63, 3.8) is 0 Å². The van der Waals surface area contributed by atoms with Gasteiger partial charge in [-0.25, -0.2) is 8.78 Å². The van der Waals surface area contributed by atoms with E-state index < -0.39 is 11.6 Å². The molecule has 1 atom stereocenters. The van der Waals surface area contributed by atoms with E-state index in [1.54, 1.807) is 6.20 Å². The molecule has 0 amide bonds. The average Bonchev–Trinajstić information content (AvgIpc) is 3.31. The van der Waals surface area contributed by atoms with Crippen LogP contribution in [0.4, 0.5) is 13.9 Å². The van der Waals surface area contributed by atoms with Gasteiger partial charge in [-0.15, -0.1) is 10.2 Å². The van der Waals surface area contributed by atoms with Crippen LogP contribution in [0.15, 0.2) is 42.6 Å². The minimum atomic E-state index is -0.865. The van der Waals surface area contributed by atoms with Crippen LogP contribution >= 0.6 is 11.3 Å². The zero-order chi connectivity index (χ0) is 18.8. The molecule has 0 bridgehead atoms. The molecule has 0 spiro atoms. The molecule has 4 aromatic rings. The first kappa shape index (κ1) is 17.5.